The molecule has 512 valence electrons. The number of carbonyl (C=O) groups is 6. The van der Waals surface area contributed by atoms with Crippen molar-refractivity contribution < 1.29 is 28.8 Å². The van der Waals surface area contributed by atoms with E-state index in [-0.39, 0.29) is 35.4 Å². The van der Waals surface area contributed by atoms with Gasteiger partial charge in [-0.15, -0.1) is 0 Å². The van der Waals surface area contributed by atoms with E-state index in [2.05, 4.69) is 79.9 Å². The molecule has 1 rings (SSSR count). The summed E-state index contributed by atoms with van der Waals surface area (Å²) in [5.41, 5.74) is 23.3. The molecule has 0 saturated carbocycles. The van der Waals surface area contributed by atoms with Crippen molar-refractivity contribution in [1.82, 2.24) is 41.7 Å². The third-order valence-electron chi connectivity index (χ3n) is 17.0. The Morgan fingerprint density at radius 1 is 0.352 bits per heavy atom. The summed E-state index contributed by atoms with van der Waals surface area (Å²) < 4.78 is 0. The molecular weight excluding hydrogens is 1100 g/mol. The maximum Gasteiger partial charge on any atom is 0.242 e. The van der Waals surface area contributed by atoms with Gasteiger partial charge in [-0.2, -0.15) is 0 Å². The second-order valence-electron chi connectivity index (χ2n) is 25.2. The van der Waals surface area contributed by atoms with Crippen LogP contribution < -0.4 is 54.8 Å². The Hall–Kier alpha value is -3.94. The largest absolute Gasteiger partial charge is 0.355 e. The number of nitrogens with zero attached hydrogens (tertiary/aromatic N) is 2. The number of hydrogen-bond acceptors (Lipinski definition) is 12. The SMILES string of the molecule is CCCCCCCC/C=C\CCCCCCCC(=O)NC(CCCCNC(=O)C(N)CCCCN)C(=O)NCCCN1CCN(CCCNC(=O)C(CCCCNC(=O)C(N)CCCCN)NC(=O)CCCCCCC/C=C\CCCCCCCC)CC1. The van der Waals surface area contributed by atoms with Crippen molar-refractivity contribution in [2.45, 2.75) is 308 Å². The fraction of sp³-hybridized carbons (Fsp3) is 0.857. The first-order valence-corrected chi connectivity index (χ1v) is 36.3. The molecule has 0 aromatic carbocycles. The minimum absolute atomic E-state index is 0.0933. The van der Waals surface area contributed by atoms with E-state index in [1.54, 1.807) is 0 Å². The van der Waals surface area contributed by atoms with E-state index in [4.69, 9.17) is 22.9 Å². The van der Waals surface area contributed by atoms with Crippen LogP contribution in [-0.2, 0) is 28.8 Å². The first-order valence-electron chi connectivity index (χ1n) is 36.3. The molecule has 18 nitrogen and oxygen atoms in total. The number of hydrogen-bond donors (Lipinski definition) is 10. The highest BCUT2D eigenvalue weighted by Gasteiger charge is 2.23. The zero-order valence-electron chi connectivity index (χ0n) is 56.5. The lowest BCUT2D eigenvalue weighted by atomic mass is 10.1. The lowest BCUT2D eigenvalue weighted by molar-refractivity contribution is -0.129. The Morgan fingerprint density at radius 3 is 0.989 bits per heavy atom. The van der Waals surface area contributed by atoms with Crippen LogP contribution in [0.4, 0.5) is 0 Å². The molecule has 1 aliphatic rings. The van der Waals surface area contributed by atoms with Crippen LogP contribution in [0.5, 0.6) is 0 Å². The van der Waals surface area contributed by atoms with Gasteiger partial charge in [-0.1, -0.05) is 154 Å². The number of nitrogens with two attached hydrogens (primary N) is 4. The van der Waals surface area contributed by atoms with E-state index in [9.17, 15) is 28.8 Å². The van der Waals surface area contributed by atoms with E-state index < -0.39 is 24.2 Å². The molecule has 0 bridgehead atoms. The number of carbonyl (C=O) groups excluding carboxylic acids is 6. The molecule has 0 aliphatic carbocycles. The van der Waals surface area contributed by atoms with Crippen LogP contribution in [-0.4, -0.2) is 148 Å². The summed E-state index contributed by atoms with van der Waals surface area (Å²) in [6.07, 6.45) is 50.9. The Morgan fingerprint density at radius 2 is 0.648 bits per heavy atom. The first-order chi connectivity index (χ1) is 42.9. The van der Waals surface area contributed by atoms with Crippen molar-refractivity contribution in [2.24, 2.45) is 22.9 Å². The van der Waals surface area contributed by atoms with Gasteiger partial charge >= 0.3 is 0 Å². The summed E-state index contributed by atoms with van der Waals surface area (Å²) in [4.78, 5) is 83.3. The molecule has 0 aromatic heterocycles. The van der Waals surface area contributed by atoms with Crippen LogP contribution in [0, 0.1) is 0 Å². The minimum Gasteiger partial charge on any atom is -0.355 e. The highest BCUT2D eigenvalue weighted by molar-refractivity contribution is 5.88. The lowest BCUT2D eigenvalue weighted by Gasteiger charge is -2.34. The van der Waals surface area contributed by atoms with E-state index >= 15 is 0 Å². The van der Waals surface area contributed by atoms with Gasteiger partial charge in [0, 0.05) is 65.2 Å². The molecule has 1 saturated heterocycles. The second-order valence-corrected chi connectivity index (χ2v) is 25.2. The zero-order chi connectivity index (χ0) is 64.2. The van der Waals surface area contributed by atoms with Crippen LogP contribution in [0.1, 0.15) is 284 Å². The van der Waals surface area contributed by atoms with Crippen LogP contribution >= 0.6 is 0 Å². The average Bonchev–Trinajstić information content (AvgIpc) is 3.70. The predicted molar refractivity (Wildman–Crippen MR) is 366 cm³/mol. The lowest BCUT2D eigenvalue weighted by Crippen LogP contribution is -2.49. The van der Waals surface area contributed by atoms with Crippen LogP contribution in [0.15, 0.2) is 24.3 Å². The Labute approximate surface area is 537 Å². The minimum atomic E-state index is -0.637. The van der Waals surface area contributed by atoms with Gasteiger partial charge < -0.3 is 64.6 Å². The van der Waals surface area contributed by atoms with Gasteiger partial charge in [0.15, 0.2) is 0 Å². The fourth-order valence-corrected chi connectivity index (χ4v) is 11.2. The molecule has 4 atom stereocenters. The molecule has 18 heteroatoms. The maximum atomic E-state index is 13.6. The van der Waals surface area contributed by atoms with Crippen molar-refractivity contribution in [2.75, 3.05) is 78.5 Å². The van der Waals surface area contributed by atoms with Gasteiger partial charge in [0.1, 0.15) is 12.1 Å². The first kappa shape index (κ1) is 82.1. The van der Waals surface area contributed by atoms with Crippen LogP contribution in [0.25, 0.3) is 0 Å². The Bertz CT molecular complexity index is 1640. The monoisotopic (exact) mass is 1240 g/mol. The molecular formula is C70H136N12O6. The number of unbranched alkanes of at least 4 members (excludes halogenated alkanes) is 26. The summed E-state index contributed by atoms with van der Waals surface area (Å²) in [7, 11) is 0. The number of allylic oxidation sites excluding steroid dienone is 4. The number of rotatable bonds is 62. The van der Waals surface area contributed by atoms with Crippen molar-refractivity contribution in [3.8, 4) is 0 Å². The van der Waals surface area contributed by atoms with Crippen molar-refractivity contribution in [3.63, 3.8) is 0 Å². The quantitative estimate of drug-likeness (QED) is 0.0201. The van der Waals surface area contributed by atoms with Crippen molar-refractivity contribution >= 4 is 35.4 Å². The molecule has 1 heterocycles. The molecule has 4 unspecified atom stereocenters. The van der Waals surface area contributed by atoms with Crippen molar-refractivity contribution in [3.05, 3.63) is 24.3 Å². The predicted octanol–water partition coefficient (Wildman–Crippen LogP) is 10.1. The number of piperazine rings is 1. The molecule has 6 amide bonds. The summed E-state index contributed by atoms with van der Waals surface area (Å²) >= 11 is 0. The Kier molecular flexibility index (Phi) is 56.5. The number of nitrogens with one attached hydrogen (secondary N) is 6. The average molecular weight is 1240 g/mol. The van der Waals surface area contributed by atoms with Crippen LogP contribution in [0.2, 0.25) is 0 Å². The van der Waals surface area contributed by atoms with E-state index in [1.165, 1.54) is 103 Å². The van der Waals surface area contributed by atoms with Crippen molar-refractivity contribution in [1.29, 1.82) is 0 Å². The Balaban J connectivity index is 2.56. The molecule has 14 N–H and O–H groups in total. The molecule has 1 fully saturated rings. The van der Waals surface area contributed by atoms with E-state index in [0.717, 1.165) is 142 Å². The maximum absolute atomic E-state index is 13.6. The van der Waals surface area contributed by atoms with Gasteiger partial charge in [0.05, 0.1) is 12.1 Å². The van der Waals surface area contributed by atoms with Gasteiger partial charge in [-0.3, -0.25) is 28.8 Å². The number of amides is 6. The van der Waals surface area contributed by atoms with Gasteiger partial charge in [0.2, 0.25) is 35.4 Å². The topological polar surface area (TPSA) is 285 Å². The molecule has 0 radical (unpaired) electrons. The normalized spacial score (nSPS) is 14.4. The third-order valence-corrected chi connectivity index (χ3v) is 17.0. The molecule has 0 spiro atoms. The highest BCUT2D eigenvalue weighted by Crippen LogP contribution is 2.14. The smallest absolute Gasteiger partial charge is 0.242 e. The summed E-state index contributed by atoms with van der Waals surface area (Å²) in [5.74, 6) is -0.864. The standard InChI is InChI=1S/C70H136N12O6/c1-3-5-7-9-11-13-15-17-19-21-23-25-27-29-31-47-65(83)79-63(45-35-39-51-75-67(85)61(73)43-33-37-49-71)69(87)77-53-41-55-81-57-59-82(60-58-81)56-42-54-78-70(88)64(46-36-40-52-76-68(86)62(74)44-34-38-50-72)80-66(84)48-32-30-28-26-24-22-20-18-16-14-12-10-8-6-4-2/h17-20,61-64H,3-16,21-60,71-74H2,1-2H3,(H,75,85)(H,76,86)(H,77,87)(H,78,88)(H,79,83)(H,80,84)/b19-17-,20-18-. The van der Waals surface area contributed by atoms with E-state index in [1.807, 2.05) is 0 Å². The third kappa shape index (κ3) is 49.8. The van der Waals surface area contributed by atoms with E-state index in [0.29, 0.717) is 103 Å². The van der Waals surface area contributed by atoms with Gasteiger partial charge in [0.25, 0.3) is 0 Å². The zero-order valence-corrected chi connectivity index (χ0v) is 56.5. The highest BCUT2D eigenvalue weighted by atomic mass is 16.2. The second kappa shape index (κ2) is 60.6. The van der Waals surface area contributed by atoms with Gasteiger partial charge in [-0.25, -0.2) is 0 Å². The molecule has 88 heavy (non-hydrogen) atoms. The van der Waals surface area contributed by atoms with Gasteiger partial charge in [-0.05, 0) is 167 Å². The fourth-order valence-electron chi connectivity index (χ4n) is 11.2. The summed E-state index contributed by atoms with van der Waals surface area (Å²) in [6, 6.07) is -2.39. The molecule has 1 aliphatic heterocycles. The summed E-state index contributed by atoms with van der Waals surface area (Å²) in [6.45, 7) is 13.0. The summed E-state index contributed by atoms with van der Waals surface area (Å²) in [5, 5.41) is 18.1. The molecule has 0 aromatic rings. The van der Waals surface area contributed by atoms with Crippen LogP contribution in [0.3, 0.4) is 0 Å².